The normalized spacial score (nSPS) is 11.1. The fourth-order valence-corrected chi connectivity index (χ4v) is 4.65. The minimum absolute atomic E-state index is 0.0299. The van der Waals surface area contributed by atoms with Gasteiger partial charge in [-0.15, -0.1) is 0 Å². The quantitative estimate of drug-likeness (QED) is 0.263. The van der Waals surface area contributed by atoms with Crippen LogP contribution in [-0.4, -0.2) is 44.3 Å². The van der Waals surface area contributed by atoms with Crippen molar-refractivity contribution in [3.8, 4) is 5.75 Å². The topological polar surface area (TPSA) is 98.7 Å². The molecule has 168 valence electrons. The number of esters is 1. The average molecular weight is 474 g/mol. The number of aromatic nitrogens is 2. The third-order valence-electron chi connectivity index (χ3n) is 4.48. The van der Waals surface area contributed by atoms with E-state index in [0.29, 0.717) is 10.9 Å². The Kier molecular flexibility index (Phi) is 7.70. The van der Waals surface area contributed by atoms with E-state index >= 15 is 0 Å². The summed E-state index contributed by atoms with van der Waals surface area (Å²) in [6.07, 6.45) is 3.07. The first-order chi connectivity index (χ1) is 15.4. The molecule has 0 aliphatic rings. The lowest BCUT2D eigenvalue weighted by molar-refractivity contribution is 0.0526. The summed E-state index contributed by atoms with van der Waals surface area (Å²) in [6.45, 7) is 1.77. The van der Waals surface area contributed by atoms with E-state index in [4.69, 9.17) is 9.47 Å². The van der Waals surface area contributed by atoms with Crippen LogP contribution < -0.4 is 9.04 Å². The molecule has 1 heterocycles. The van der Waals surface area contributed by atoms with Crippen LogP contribution >= 0.6 is 11.8 Å². The number of sulfonamides is 1. The van der Waals surface area contributed by atoms with Gasteiger partial charge in [0.05, 0.1) is 25.2 Å². The molecule has 0 fully saturated rings. The first-order valence-electron chi connectivity index (χ1n) is 9.69. The maximum Gasteiger partial charge on any atom is 0.343 e. The predicted molar refractivity (Wildman–Crippen MR) is 123 cm³/mol. The lowest BCUT2D eigenvalue weighted by atomic mass is 10.2. The summed E-state index contributed by atoms with van der Waals surface area (Å²) in [7, 11) is -2.60. The number of anilines is 1. The number of carbonyl (C=O) groups excluding carboxylic acids is 1. The molecule has 1 aromatic heterocycles. The van der Waals surface area contributed by atoms with Gasteiger partial charge in [0.1, 0.15) is 11.3 Å². The maximum atomic E-state index is 13.7. The van der Waals surface area contributed by atoms with E-state index in [0.717, 1.165) is 9.87 Å². The van der Waals surface area contributed by atoms with Crippen LogP contribution in [0, 0.1) is 0 Å². The van der Waals surface area contributed by atoms with Crippen molar-refractivity contribution in [1.29, 1.82) is 0 Å². The molecule has 0 unspecified atom stereocenters. The second kappa shape index (κ2) is 10.5. The molecule has 0 radical (unpaired) electrons. The summed E-state index contributed by atoms with van der Waals surface area (Å²) in [6, 6.07) is 15.1. The highest BCUT2D eigenvalue weighted by Gasteiger charge is 2.31. The Morgan fingerprint density at radius 2 is 1.78 bits per heavy atom. The number of hydrogen-bond donors (Lipinski definition) is 0. The molecule has 0 N–H and O–H groups in total. The van der Waals surface area contributed by atoms with Gasteiger partial charge in [0, 0.05) is 6.20 Å². The molecule has 0 atom stereocenters. The van der Waals surface area contributed by atoms with Gasteiger partial charge in [-0.3, -0.25) is 0 Å². The van der Waals surface area contributed by atoms with Gasteiger partial charge >= 0.3 is 5.97 Å². The van der Waals surface area contributed by atoms with Gasteiger partial charge in [-0.2, -0.15) is 0 Å². The van der Waals surface area contributed by atoms with Crippen molar-refractivity contribution in [2.75, 3.05) is 24.3 Å². The number of ether oxygens (including phenoxy) is 2. The zero-order valence-corrected chi connectivity index (χ0v) is 19.5. The lowest BCUT2D eigenvalue weighted by Crippen LogP contribution is -2.33. The number of methoxy groups -OCH3 is 1. The van der Waals surface area contributed by atoms with Crippen LogP contribution in [0.4, 0.5) is 5.82 Å². The Labute approximate surface area is 191 Å². The summed E-state index contributed by atoms with van der Waals surface area (Å²) in [5.74, 6) is -0.210. The van der Waals surface area contributed by atoms with Crippen molar-refractivity contribution in [2.24, 2.45) is 0 Å². The maximum absolute atomic E-state index is 13.7. The molecule has 8 nitrogen and oxygen atoms in total. The van der Waals surface area contributed by atoms with E-state index in [-0.39, 0.29) is 29.4 Å². The Bertz CT molecular complexity index is 1170. The summed E-state index contributed by atoms with van der Waals surface area (Å²) >= 11 is 1.24. The Morgan fingerprint density at radius 3 is 2.38 bits per heavy atom. The fourth-order valence-electron chi connectivity index (χ4n) is 2.90. The smallest absolute Gasteiger partial charge is 0.343 e. The highest BCUT2D eigenvalue weighted by Crippen LogP contribution is 2.30. The van der Waals surface area contributed by atoms with Gasteiger partial charge in [-0.25, -0.2) is 27.5 Å². The molecule has 0 aliphatic carbocycles. The van der Waals surface area contributed by atoms with Gasteiger partial charge in [0.15, 0.2) is 11.0 Å². The Hall–Kier alpha value is -3.11. The highest BCUT2D eigenvalue weighted by molar-refractivity contribution is 7.98. The van der Waals surface area contributed by atoms with E-state index in [9.17, 15) is 13.2 Å². The summed E-state index contributed by atoms with van der Waals surface area (Å²) in [5, 5.41) is 0.330. The Balaban J connectivity index is 2.19. The van der Waals surface area contributed by atoms with Crippen LogP contribution in [0.2, 0.25) is 0 Å². The third kappa shape index (κ3) is 5.20. The van der Waals surface area contributed by atoms with E-state index in [2.05, 4.69) is 9.97 Å². The van der Waals surface area contributed by atoms with Gasteiger partial charge in [-0.05, 0) is 43.0 Å². The molecular formula is C22H23N3O5S2. The zero-order chi connectivity index (χ0) is 23.1. The van der Waals surface area contributed by atoms with Crippen LogP contribution in [0.3, 0.4) is 0 Å². The number of thioether (sulfide) groups is 1. The second-order valence-corrected chi connectivity index (χ2v) is 9.12. The molecule has 0 bridgehead atoms. The van der Waals surface area contributed by atoms with Crippen molar-refractivity contribution in [2.45, 2.75) is 23.5 Å². The van der Waals surface area contributed by atoms with Crippen LogP contribution in [0.15, 0.2) is 70.8 Å². The van der Waals surface area contributed by atoms with Crippen LogP contribution in [0.1, 0.15) is 22.8 Å². The summed E-state index contributed by atoms with van der Waals surface area (Å²) < 4.78 is 38.8. The molecule has 0 amide bonds. The van der Waals surface area contributed by atoms with Crippen LogP contribution in [-0.2, 0) is 21.3 Å². The van der Waals surface area contributed by atoms with Crippen LogP contribution in [0.25, 0.3) is 0 Å². The number of carbonyl (C=O) groups is 1. The van der Waals surface area contributed by atoms with Crippen molar-refractivity contribution in [3.05, 3.63) is 71.9 Å². The summed E-state index contributed by atoms with van der Waals surface area (Å²) in [5.41, 5.74) is 0.696. The molecule has 0 aliphatic heterocycles. The largest absolute Gasteiger partial charge is 0.497 e. The van der Waals surface area contributed by atoms with Crippen molar-refractivity contribution in [1.82, 2.24) is 9.97 Å². The second-order valence-electron chi connectivity index (χ2n) is 6.49. The molecule has 3 rings (SSSR count). The van der Waals surface area contributed by atoms with Crippen molar-refractivity contribution >= 4 is 33.6 Å². The summed E-state index contributed by atoms with van der Waals surface area (Å²) in [4.78, 5) is 21.2. The first kappa shape index (κ1) is 23.6. The van der Waals surface area contributed by atoms with Gasteiger partial charge in [0.25, 0.3) is 10.0 Å². The molecule has 32 heavy (non-hydrogen) atoms. The highest BCUT2D eigenvalue weighted by atomic mass is 32.2. The SMILES string of the molecule is CCOC(=O)c1cnc(SC)nc1N(Cc1ccccc1)S(=O)(=O)c1ccc(OC)cc1. The van der Waals surface area contributed by atoms with E-state index in [1.807, 2.05) is 18.2 Å². The van der Waals surface area contributed by atoms with Gasteiger partial charge in [0.2, 0.25) is 0 Å². The molecule has 3 aromatic rings. The van der Waals surface area contributed by atoms with Crippen molar-refractivity contribution < 1.29 is 22.7 Å². The molecule has 10 heteroatoms. The van der Waals surface area contributed by atoms with Crippen LogP contribution in [0.5, 0.6) is 5.75 Å². The lowest BCUT2D eigenvalue weighted by Gasteiger charge is -2.25. The predicted octanol–water partition coefficient (Wildman–Crippen LogP) is 3.78. The standard InChI is InChI=1S/C22H23N3O5S2/c1-4-30-21(26)19-14-23-22(31-3)24-20(19)25(15-16-8-6-5-7-9-16)32(27,28)18-12-10-17(29-2)11-13-18/h5-14H,4,15H2,1-3H3. The number of benzene rings is 2. The number of nitrogens with zero attached hydrogens (tertiary/aromatic N) is 3. The Morgan fingerprint density at radius 1 is 1.09 bits per heavy atom. The van der Waals surface area contributed by atoms with Gasteiger partial charge < -0.3 is 9.47 Å². The fraction of sp³-hybridized carbons (Fsp3) is 0.227. The van der Waals surface area contributed by atoms with Gasteiger partial charge in [-0.1, -0.05) is 42.1 Å². The number of hydrogen-bond acceptors (Lipinski definition) is 8. The number of rotatable bonds is 9. The van der Waals surface area contributed by atoms with E-state index in [1.165, 1.54) is 37.2 Å². The first-order valence-corrected chi connectivity index (χ1v) is 12.4. The molecular weight excluding hydrogens is 450 g/mol. The molecule has 0 spiro atoms. The van der Waals surface area contributed by atoms with E-state index < -0.39 is 16.0 Å². The molecule has 2 aromatic carbocycles. The zero-order valence-electron chi connectivity index (χ0n) is 17.9. The average Bonchev–Trinajstić information content (AvgIpc) is 2.83. The minimum atomic E-state index is -4.10. The molecule has 0 saturated heterocycles. The third-order valence-corrected chi connectivity index (χ3v) is 6.79. The monoisotopic (exact) mass is 473 g/mol. The van der Waals surface area contributed by atoms with E-state index in [1.54, 1.807) is 37.4 Å². The molecule has 0 saturated carbocycles. The van der Waals surface area contributed by atoms with Crippen molar-refractivity contribution in [3.63, 3.8) is 0 Å². The minimum Gasteiger partial charge on any atom is -0.497 e.